The number of benzene rings is 1. The van der Waals surface area contributed by atoms with E-state index in [1.54, 1.807) is 0 Å². The summed E-state index contributed by atoms with van der Waals surface area (Å²) in [6.45, 7) is 2.15. The Bertz CT molecular complexity index is 408. The van der Waals surface area contributed by atoms with E-state index in [0.717, 1.165) is 25.0 Å². The van der Waals surface area contributed by atoms with Gasteiger partial charge in [-0.05, 0) is 18.6 Å². The summed E-state index contributed by atoms with van der Waals surface area (Å²) < 4.78 is 31.5. The molecule has 0 saturated heterocycles. The monoisotopic (exact) mass is 243 g/mol. The highest BCUT2D eigenvalue weighted by atomic mass is 19.1. The van der Waals surface area contributed by atoms with Crippen molar-refractivity contribution in [1.82, 2.24) is 0 Å². The van der Waals surface area contributed by atoms with Gasteiger partial charge in [0.25, 0.3) is 0 Å². The molecular weight excluding hydrogens is 228 g/mol. The zero-order chi connectivity index (χ0) is 12.8. The number of carbonyl (C=O) groups excluding carboxylic acids is 1. The molecule has 0 atom stereocenters. The minimum atomic E-state index is -1.06. The maximum atomic E-state index is 13.4. The quantitative estimate of drug-likeness (QED) is 0.491. The van der Waals surface area contributed by atoms with E-state index in [1.165, 1.54) is 0 Å². The molecule has 0 aliphatic heterocycles. The van der Waals surface area contributed by atoms with Crippen LogP contribution in [0.15, 0.2) is 12.1 Å². The third kappa shape index (κ3) is 3.41. The van der Waals surface area contributed by atoms with Crippen LogP contribution >= 0.6 is 0 Å². The fourth-order valence-electron chi connectivity index (χ4n) is 1.34. The minimum absolute atomic E-state index is 0.153. The first-order valence-corrected chi connectivity index (χ1v) is 5.48. The third-order valence-electron chi connectivity index (χ3n) is 2.31. The van der Waals surface area contributed by atoms with Gasteiger partial charge in [0.05, 0.1) is 12.3 Å². The largest absolute Gasteiger partial charge is 0.462 e. The van der Waals surface area contributed by atoms with Gasteiger partial charge in [-0.3, -0.25) is 0 Å². The van der Waals surface area contributed by atoms with E-state index in [2.05, 4.69) is 0 Å². The minimum Gasteiger partial charge on any atom is -0.462 e. The number of rotatable bonds is 5. The van der Waals surface area contributed by atoms with Crippen molar-refractivity contribution < 1.29 is 18.3 Å². The van der Waals surface area contributed by atoms with E-state index in [0.29, 0.717) is 6.42 Å². The Balaban J connectivity index is 2.72. The Morgan fingerprint density at radius 1 is 1.35 bits per heavy atom. The number of esters is 1. The first-order valence-electron chi connectivity index (χ1n) is 5.48. The van der Waals surface area contributed by atoms with Crippen LogP contribution in [0.1, 0.15) is 36.5 Å². The molecule has 5 heteroatoms. The molecule has 0 fully saturated rings. The second kappa shape index (κ2) is 6.18. The average Bonchev–Trinajstić information content (AvgIpc) is 2.30. The van der Waals surface area contributed by atoms with Gasteiger partial charge in [0, 0.05) is 0 Å². The molecule has 1 aromatic carbocycles. The summed E-state index contributed by atoms with van der Waals surface area (Å²) in [6, 6.07) is 2.01. The lowest BCUT2D eigenvalue weighted by Crippen LogP contribution is -2.12. The molecule has 0 radical (unpaired) electrons. The van der Waals surface area contributed by atoms with Gasteiger partial charge in [-0.25, -0.2) is 13.6 Å². The van der Waals surface area contributed by atoms with Crippen LogP contribution in [-0.2, 0) is 4.74 Å². The fraction of sp³-hybridized carbons (Fsp3) is 0.417. The second-order valence-corrected chi connectivity index (χ2v) is 3.67. The maximum absolute atomic E-state index is 13.4. The predicted molar refractivity (Wildman–Crippen MR) is 60.6 cm³/mol. The van der Waals surface area contributed by atoms with Crippen LogP contribution in [0.2, 0.25) is 0 Å². The van der Waals surface area contributed by atoms with E-state index in [9.17, 15) is 13.6 Å². The molecule has 2 N–H and O–H groups in total. The number of nitrogen functional groups attached to an aromatic ring is 1. The lowest BCUT2D eigenvalue weighted by atomic mass is 10.1. The van der Waals surface area contributed by atoms with Crippen LogP contribution < -0.4 is 5.73 Å². The Hall–Kier alpha value is -1.65. The van der Waals surface area contributed by atoms with Crippen molar-refractivity contribution in [2.45, 2.75) is 26.2 Å². The van der Waals surface area contributed by atoms with Gasteiger partial charge in [0.1, 0.15) is 11.4 Å². The smallest absolute Gasteiger partial charge is 0.344 e. The van der Waals surface area contributed by atoms with Crippen molar-refractivity contribution in [3.63, 3.8) is 0 Å². The van der Waals surface area contributed by atoms with E-state index < -0.39 is 23.2 Å². The summed E-state index contributed by atoms with van der Waals surface area (Å²) in [5.74, 6) is -3.04. The number of hydrogen-bond donors (Lipinski definition) is 1. The van der Waals surface area contributed by atoms with Gasteiger partial charge >= 0.3 is 5.97 Å². The predicted octanol–water partition coefficient (Wildman–Crippen LogP) is 2.89. The highest BCUT2D eigenvalue weighted by Crippen LogP contribution is 2.19. The summed E-state index contributed by atoms with van der Waals surface area (Å²) in [6.07, 6.45) is 2.54. The molecule has 0 aliphatic carbocycles. The molecule has 1 aromatic rings. The molecule has 17 heavy (non-hydrogen) atoms. The zero-order valence-corrected chi connectivity index (χ0v) is 9.63. The summed E-state index contributed by atoms with van der Waals surface area (Å²) in [4.78, 5) is 11.4. The Morgan fingerprint density at radius 3 is 2.71 bits per heavy atom. The van der Waals surface area contributed by atoms with Crippen LogP contribution in [0.3, 0.4) is 0 Å². The van der Waals surface area contributed by atoms with Crippen molar-refractivity contribution in [2.75, 3.05) is 12.3 Å². The van der Waals surface area contributed by atoms with Gasteiger partial charge in [-0.1, -0.05) is 19.8 Å². The van der Waals surface area contributed by atoms with Crippen molar-refractivity contribution in [2.24, 2.45) is 0 Å². The molecular formula is C12H15F2NO2. The van der Waals surface area contributed by atoms with Crippen LogP contribution in [-0.4, -0.2) is 12.6 Å². The van der Waals surface area contributed by atoms with Crippen LogP contribution in [0.25, 0.3) is 0 Å². The summed E-state index contributed by atoms with van der Waals surface area (Å²) >= 11 is 0. The summed E-state index contributed by atoms with van der Waals surface area (Å²) in [7, 11) is 0. The molecule has 0 saturated carbocycles. The Labute approximate surface area is 98.6 Å². The van der Waals surface area contributed by atoms with Crippen molar-refractivity contribution in [3.8, 4) is 0 Å². The van der Waals surface area contributed by atoms with E-state index >= 15 is 0 Å². The van der Waals surface area contributed by atoms with Crippen molar-refractivity contribution in [1.29, 1.82) is 0 Å². The molecule has 3 nitrogen and oxygen atoms in total. The molecule has 0 unspecified atom stereocenters. The molecule has 1 rings (SSSR count). The SMILES string of the molecule is CCCCCOC(=O)c1c(F)ccc(N)c1F. The van der Waals surface area contributed by atoms with Gasteiger partial charge < -0.3 is 10.5 Å². The van der Waals surface area contributed by atoms with E-state index in [1.807, 2.05) is 6.92 Å². The molecule has 0 bridgehead atoms. The lowest BCUT2D eigenvalue weighted by Gasteiger charge is -2.07. The Morgan fingerprint density at radius 2 is 2.06 bits per heavy atom. The normalized spacial score (nSPS) is 10.3. The number of nitrogens with two attached hydrogens (primary N) is 1. The van der Waals surface area contributed by atoms with Gasteiger partial charge in [-0.15, -0.1) is 0 Å². The number of carbonyl (C=O) groups is 1. The van der Waals surface area contributed by atoms with Crippen LogP contribution in [0.5, 0.6) is 0 Å². The number of unbranched alkanes of at least 4 members (excludes halogenated alkanes) is 2. The van der Waals surface area contributed by atoms with Gasteiger partial charge in [0.15, 0.2) is 5.82 Å². The van der Waals surface area contributed by atoms with Crippen molar-refractivity contribution >= 4 is 11.7 Å². The molecule has 0 aliphatic rings. The van der Waals surface area contributed by atoms with Gasteiger partial charge in [0.2, 0.25) is 0 Å². The molecule has 0 aromatic heterocycles. The van der Waals surface area contributed by atoms with Crippen molar-refractivity contribution in [3.05, 3.63) is 29.3 Å². The number of hydrogen-bond acceptors (Lipinski definition) is 3. The fourth-order valence-corrected chi connectivity index (χ4v) is 1.34. The van der Waals surface area contributed by atoms with Gasteiger partial charge in [-0.2, -0.15) is 0 Å². The first-order chi connectivity index (χ1) is 8.07. The standard InChI is InChI=1S/C12H15F2NO2/c1-2-3-4-7-17-12(16)10-8(13)5-6-9(15)11(10)14/h5-6H,2-4,7,15H2,1H3. The highest BCUT2D eigenvalue weighted by Gasteiger charge is 2.20. The number of ether oxygens (including phenoxy) is 1. The lowest BCUT2D eigenvalue weighted by molar-refractivity contribution is 0.0487. The molecule has 0 heterocycles. The molecule has 94 valence electrons. The number of halogens is 2. The van der Waals surface area contributed by atoms with Crippen LogP contribution in [0, 0.1) is 11.6 Å². The second-order valence-electron chi connectivity index (χ2n) is 3.67. The summed E-state index contributed by atoms with van der Waals surface area (Å²) in [5.41, 5.74) is 4.26. The Kier molecular flexibility index (Phi) is 4.87. The van der Waals surface area contributed by atoms with E-state index in [4.69, 9.17) is 10.5 Å². The highest BCUT2D eigenvalue weighted by molar-refractivity contribution is 5.91. The van der Waals surface area contributed by atoms with Crippen LogP contribution in [0.4, 0.5) is 14.5 Å². The molecule has 0 spiro atoms. The maximum Gasteiger partial charge on any atom is 0.344 e. The topological polar surface area (TPSA) is 52.3 Å². The molecule has 0 amide bonds. The van der Waals surface area contributed by atoms with E-state index in [-0.39, 0.29) is 12.3 Å². The number of anilines is 1. The average molecular weight is 243 g/mol. The summed E-state index contributed by atoms with van der Waals surface area (Å²) in [5, 5.41) is 0. The first kappa shape index (κ1) is 13.4. The zero-order valence-electron chi connectivity index (χ0n) is 9.63. The third-order valence-corrected chi connectivity index (χ3v) is 2.31.